The molecule has 1 saturated carbocycles. The van der Waals surface area contributed by atoms with Crippen LogP contribution in [0.5, 0.6) is 5.75 Å². The molecule has 3 aliphatic rings. The number of piperazine rings is 1. The summed E-state index contributed by atoms with van der Waals surface area (Å²) in [6, 6.07) is 8.76. The van der Waals surface area contributed by atoms with Crippen LogP contribution in [-0.4, -0.2) is 69.9 Å². The van der Waals surface area contributed by atoms with E-state index in [-0.39, 0.29) is 29.4 Å². The van der Waals surface area contributed by atoms with Crippen LogP contribution in [-0.2, 0) is 4.74 Å². The molecule has 2 heterocycles. The zero-order valence-corrected chi connectivity index (χ0v) is 20.4. The zero-order chi connectivity index (χ0) is 19.7. The van der Waals surface area contributed by atoms with Crippen LogP contribution in [0.1, 0.15) is 26.7 Å². The minimum Gasteiger partial charge on any atom is -0.497 e. The summed E-state index contributed by atoms with van der Waals surface area (Å²) in [7, 11) is 3.62. The molecule has 2 aliphatic heterocycles. The molecule has 0 spiro atoms. The lowest BCUT2D eigenvalue weighted by molar-refractivity contribution is -0.188. The van der Waals surface area contributed by atoms with Crippen LogP contribution in [0.15, 0.2) is 29.3 Å². The van der Waals surface area contributed by atoms with Gasteiger partial charge in [0, 0.05) is 69.0 Å². The lowest BCUT2D eigenvalue weighted by Gasteiger charge is -2.60. The summed E-state index contributed by atoms with van der Waals surface area (Å²) in [5, 5.41) is 3.79. The molecule has 1 N–H and O–H groups in total. The number of halogens is 1. The average Bonchev–Trinajstić information content (AvgIpc) is 2.74. The third kappa shape index (κ3) is 4.31. The first-order valence-electron chi connectivity index (χ1n) is 10.5. The van der Waals surface area contributed by atoms with Crippen molar-refractivity contribution in [1.82, 2.24) is 10.2 Å². The summed E-state index contributed by atoms with van der Waals surface area (Å²) in [6.45, 7) is 9.46. The smallest absolute Gasteiger partial charge is 0.194 e. The molecular weight excluding hydrogens is 479 g/mol. The fourth-order valence-corrected chi connectivity index (χ4v) is 5.24. The van der Waals surface area contributed by atoms with E-state index in [1.165, 1.54) is 18.5 Å². The van der Waals surface area contributed by atoms with E-state index in [1.807, 2.05) is 13.1 Å². The van der Waals surface area contributed by atoms with Gasteiger partial charge >= 0.3 is 0 Å². The number of hydrogen-bond donors (Lipinski definition) is 1. The number of methoxy groups -OCH3 is 1. The summed E-state index contributed by atoms with van der Waals surface area (Å²) in [4.78, 5) is 9.43. The van der Waals surface area contributed by atoms with E-state index >= 15 is 0 Å². The van der Waals surface area contributed by atoms with Crippen molar-refractivity contribution >= 4 is 35.6 Å². The molecule has 4 rings (SSSR count). The minimum absolute atomic E-state index is 0. The molecule has 0 amide bonds. The maximum atomic E-state index is 6.05. The highest BCUT2D eigenvalue weighted by atomic mass is 127. The molecule has 0 bridgehead atoms. The van der Waals surface area contributed by atoms with Gasteiger partial charge in [-0.1, -0.05) is 19.9 Å². The van der Waals surface area contributed by atoms with Gasteiger partial charge in [0.25, 0.3) is 0 Å². The minimum atomic E-state index is 0. The van der Waals surface area contributed by atoms with Gasteiger partial charge < -0.3 is 24.6 Å². The van der Waals surface area contributed by atoms with Gasteiger partial charge in [0.2, 0.25) is 0 Å². The number of nitrogens with one attached hydrogen (secondary N) is 1. The van der Waals surface area contributed by atoms with Crippen molar-refractivity contribution in [2.45, 2.75) is 38.8 Å². The van der Waals surface area contributed by atoms with Crippen LogP contribution >= 0.6 is 24.0 Å². The van der Waals surface area contributed by atoms with Crippen molar-refractivity contribution in [3.8, 4) is 5.75 Å². The average molecular weight is 514 g/mol. The number of guanidine groups is 1. The van der Waals surface area contributed by atoms with E-state index in [0.717, 1.165) is 44.5 Å². The lowest BCUT2D eigenvalue weighted by Crippen LogP contribution is -2.71. The van der Waals surface area contributed by atoms with Crippen LogP contribution in [0, 0.1) is 11.3 Å². The first kappa shape index (κ1) is 22.5. The van der Waals surface area contributed by atoms with E-state index in [0.29, 0.717) is 18.1 Å². The van der Waals surface area contributed by atoms with Gasteiger partial charge in [-0.25, -0.2) is 0 Å². The molecule has 1 aromatic carbocycles. The van der Waals surface area contributed by atoms with E-state index in [4.69, 9.17) is 9.47 Å². The molecule has 162 valence electrons. The molecule has 0 aromatic heterocycles. The van der Waals surface area contributed by atoms with Crippen LogP contribution in [0.25, 0.3) is 0 Å². The normalized spacial score (nSPS) is 28.7. The summed E-state index contributed by atoms with van der Waals surface area (Å²) in [6.07, 6.45) is 2.82. The van der Waals surface area contributed by atoms with E-state index < -0.39 is 0 Å². The van der Waals surface area contributed by atoms with Gasteiger partial charge in [0.15, 0.2) is 5.96 Å². The monoisotopic (exact) mass is 514 g/mol. The van der Waals surface area contributed by atoms with Gasteiger partial charge in [-0.15, -0.1) is 24.0 Å². The maximum Gasteiger partial charge on any atom is 0.194 e. The standard InChI is InChI=1S/C22H34N4O2.HI/c1-22(2)19(18-9-6-14-28-20(18)22)24-21(23-3)26-12-10-25(11-13-26)16-7-5-8-17(15-16)27-4;/h5,7-8,15,18-20H,6,9-14H2,1-4H3,(H,23,24);1H. The van der Waals surface area contributed by atoms with Gasteiger partial charge in [0.05, 0.1) is 13.2 Å². The molecule has 7 heteroatoms. The van der Waals surface area contributed by atoms with Crippen molar-refractivity contribution in [3.63, 3.8) is 0 Å². The highest BCUT2D eigenvalue weighted by Gasteiger charge is 2.58. The van der Waals surface area contributed by atoms with Crippen LogP contribution in [0.2, 0.25) is 0 Å². The van der Waals surface area contributed by atoms with Gasteiger partial charge in [-0.05, 0) is 25.0 Å². The maximum absolute atomic E-state index is 6.05. The molecule has 1 aliphatic carbocycles. The second kappa shape index (κ2) is 9.29. The Hall–Kier alpha value is -1.22. The second-order valence-electron chi connectivity index (χ2n) is 8.76. The Labute approximate surface area is 192 Å². The predicted molar refractivity (Wildman–Crippen MR) is 129 cm³/mol. The molecule has 29 heavy (non-hydrogen) atoms. The lowest BCUT2D eigenvalue weighted by atomic mass is 9.55. The summed E-state index contributed by atoms with van der Waals surface area (Å²) >= 11 is 0. The summed E-state index contributed by atoms with van der Waals surface area (Å²) in [5.41, 5.74) is 1.38. The molecule has 3 fully saturated rings. The number of anilines is 1. The van der Waals surface area contributed by atoms with E-state index in [9.17, 15) is 0 Å². The number of nitrogens with zero attached hydrogens (tertiary/aromatic N) is 3. The van der Waals surface area contributed by atoms with E-state index in [2.05, 4.69) is 52.2 Å². The van der Waals surface area contributed by atoms with Crippen molar-refractivity contribution in [1.29, 1.82) is 0 Å². The molecule has 6 nitrogen and oxygen atoms in total. The van der Waals surface area contributed by atoms with E-state index in [1.54, 1.807) is 7.11 Å². The highest BCUT2D eigenvalue weighted by molar-refractivity contribution is 14.0. The van der Waals surface area contributed by atoms with Crippen LogP contribution < -0.4 is 15.0 Å². The molecule has 2 saturated heterocycles. The number of fused-ring (bicyclic) bond motifs is 1. The van der Waals surface area contributed by atoms with Crippen LogP contribution in [0.3, 0.4) is 0 Å². The highest BCUT2D eigenvalue weighted by Crippen LogP contribution is 2.51. The Kier molecular flexibility index (Phi) is 7.19. The fraction of sp³-hybridized carbons (Fsp3) is 0.682. The van der Waals surface area contributed by atoms with Crippen LogP contribution in [0.4, 0.5) is 5.69 Å². The molecule has 3 unspecified atom stereocenters. The molecule has 0 radical (unpaired) electrons. The number of benzene rings is 1. The molecule has 1 aromatic rings. The SMILES string of the molecule is CN=C(NC1C2CCCOC2C1(C)C)N1CCN(c2cccc(OC)c2)CC1.I. The quantitative estimate of drug-likeness (QED) is 0.382. The Morgan fingerprint density at radius 3 is 2.69 bits per heavy atom. The zero-order valence-electron chi connectivity index (χ0n) is 18.1. The number of rotatable bonds is 3. The molecular formula is C22H35IN4O2. The molecule has 3 atom stereocenters. The van der Waals surface area contributed by atoms with Gasteiger partial charge in [0.1, 0.15) is 5.75 Å². The number of aliphatic imine (C=N–C) groups is 1. The fourth-order valence-electron chi connectivity index (χ4n) is 5.24. The Morgan fingerprint density at radius 1 is 1.24 bits per heavy atom. The second-order valence-corrected chi connectivity index (χ2v) is 8.76. The first-order chi connectivity index (χ1) is 13.5. The van der Waals surface area contributed by atoms with Crippen molar-refractivity contribution in [2.75, 3.05) is 51.8 Å². The summed E-state index contributed by atoms with van der Waals surface area (Å²) in [5.74, 6) is 2.56. The first-order valence-corrected chi connectivity index (χ1v) is 10.5. The van der Waals surface area contributed by atoms with Gasteiger partial charge in [-0.3, -0.25) is 4.99 Å². The largest absolute Gasteiger partial charge is 0.497 e. The topological polar surface area (TPSA) is 49.3 Å². The predicted octanol–water partition coefficient (Wildman–Crippen LogP) is 3.21. The Balaban J connectivity index is 0.00000240. The number of ether oxygens (including phenoxy) is 2. The third-order valence-corrected chi connectivity index (χ3v) is 6.83. The Bertz CT molecular complexity index is 719. The Morgan fingerprint density at radius 2 is 2.00 bits per heavy atom. The third-order valence-electron chi connectivity index (χ3n) is 6.83. The number of hydrogen-bond acceptors (Lipinski definition) is 4. The van der Waals surface area contributed by atoms with Crippen molar-refractivity contribution in [3.05, 3.63) is 24.3 Å². The van der Waals surface area contributed by atoms with Crippen molar-refractivity contribution < 1.29 is 9.47 Å². The van der Waals surface area contributed by atoms with Crippen molar-refractivity contribution in [2.24, 2.45) is 16.3 Å². The summed E-state index contributed by atoms with van der Waals surface area (Å²) < 4.78 is 11.4. The van der Waals surface area contributed by atoms with Gasteiger partial charge in [-0.2, -0.15) is 0 Å².